The van der Waals surface area contributed by atoms with Gasteiger partial charge in [-0.25, -0.2) is 4.79 Å². The molecule has 18 heavy (non-hydrogen) atoms. The maximum atomic E-state index is 11.8. The van der Waals surface area contributed by atoms with Gasteiger partial charge in [0.05, 0.1) is 5.56 Å². The van der Waals surface area contributed by atoms with Crippen LogP contribution >= 0.6 is 0 Å². The summed E-state index contributed by atoms with van der Waals surface area (Å²) in [5, 5.41) is 9.00. The molecule has 3 heteroatoms. The number of carbonyl (C=O) groups is 2. The lowest BCUT2D eigenvalue weighted by Gasteiger charge is -2.00. The monoisotopic (exact) mass is 240 g/mol. The Hall–Kier alpha value is -2.42. The summed E-state index contributed by atoms with van der Waals surface area (Å²) >= 11 is 0. The number of allylic oxidation sites excluding steroid dienone is 5. The smallest absolute Gasteiger partial charge is 0.336 e. The van der Waals surface area contributed by atoms with Gasteiger partial charge in [0.15, 0.2) is 5.78 Å². The second-order valence-corrected chi connectivity index (χ2v) is 3.91. The van der Waals surface area contributed by atoms with E-state index in [2.05, 4.69) is 0 Å². The number of carbonyl (C=O) groups excluding carboxylic acids is 1. The van der Waals surface area contributed by atoms with Crippen molar-refractivity contribution in [2.45, 2.75) is 6.42 Å². The molecule has 0 heterocycles. The standard InChI is InChI=1S/C15H12O3/c16-14(12-6-1-2-7-12)10-9-11-5-3-4-8-13(11)15(17)18/h1-6,8-10H,7H2,(H,17,18)/b10-9+. The van der Waals surface area contributed by atoms with Gasteiger partial charge in [-0.1, -0.05) is 42.5 Å². The van der Waals surface area contributed by atoms with E-state index in [-0.39, 0.29) is 11.3 Å². The predicted octanol–water partition coefficient (Wildman–Crippen LogP) is 2.85. The Morgan fingerprint density at radius 1 is 1.22 bits per heavy atom. The number of hydrogen-bond acceptors (Lipinski definition) is 2. The fraction of sp³-hybridized carbons (Fsp3) is 0.0667. The molecule has 0 atom stereocenters. The number of aromatic carboxylic acids is 1. The van der Waals surface area contributed by atoms with E-state index in [9.17, 15) is 9.59 Å². The number of rotatable bonds is 4. The molecule has 0 saturated heterocycles. The van der Waals surface area contributed by atoms with Crippen LogP contribution in [0.1, 0.15) is 22.3 Å². The average molecular weight is 240 g/mol. The number of carboxylic acids is 1. The third-order valence-corrected chi connectivity index (χ3v) is 2.69. The molecular weight excluding hydrogens is 228 g/mol. The van der Waals surface area contributed by atoms with Crippen molar-refractivity contribution in [3.63, 3.8) is 0 Å². The van der Waals surface area contributed by atoms with Gasteiger partial charge >= 0.3 is 5.97 Å². The number of carboxylic acid groups (broad SMARTS) is 1. The first-order valence-corrected chi connectivity index (χ1v) is 5.59. The van der Waals surface area contributed by atoms with E-state index in [1.54, 1.807) is 30.4 Å². The Bertz CT molecular complexity index is 577. The molecular formula is C15H12O3. The average Bonchev–Trinajstić information content (AvgIpc) is 2.90. The minimum absolute atomic E-state index is 0.0832. The van der Waals surface area contributed by atoms with Crippen molar-refractivity contribution in [2.24, 2.45) is 0 Å². The SMILES string of the molecule is O=C(/C=C/c1ccccc1C(=O)O)C1=CC=CC1. The number of benzene rings is 1. The molecule has 0 aliphatic heterocycles. The van der Waals surface area contributed by atoms with E-state index in [1.807, 2.05) is 12.2 Å². The Labute approximate surface area is 105 Å². The lowest BCUT2D eigenvalue weighted by atomic mass is 10.1. The van der Waals surface area contributed by atoms with Gasteiger partial charge in [0, 0.05) is 5.57 Å². The fourth-order valence-corrected chi connectivity index (χ4v) is 1.74. The van der Waals surface area contributed by atoms with Crippen LogP contribution in [-0.2, 0) is 4.79 Å². The molecule has 0 spiro atoms. The second kappa shape index (κ2) is 5.27. The lowest BCUT2D eigenvalue weighted by Crippen LogP contribution is -2.00. The minimum Gasteiger partial charge on any atom is -0.478 e. The predicted molar refractivity (Wildman–Crippen MR) is 69.3 cm³/mol. The molecule has 90 valence electrons. The van der Waals surface area contributed by atoms with Crippen LogP contribution in [0.3, 0.4) is 0 Å². The van der Waals surface area contributed by atoms with Gasteiger partial charge in [-0.2, -0.15) is 0 Å². The second-order valence-electron chi connectivity index (χ2n) is 3.91. The molecule has 0 aromatic heterocycles. The Kier molecular flexibility index (Phi) is 3.53. The van der Waals surface area contributed by atoms with E-state index in [4.69, 9.17) is 5.11 Å². The molecule has 1 aliphatic carbocycles. The van der Waals surface area contributed by atoms with Gasteiger partial charge in [0.1, 0.15) is 0 Å². The van der Waals surface area contributed by atoms with Gasteiger partial charge in [0.2, 0.25) is 0 Å². The van der Waals surface area contributed by atoms with Crippen LogP contribution < -0.4 is 0 Å². The molecule has 1 aromatic carbocycles. The third kappa shape index (κ3) is 2.63. The van der Waals surface area contributed by atoms with Gasteiger partial charge in [0.25, 0.3) is 0 Å². The maximum Gasteiger partial charge on any atom is 0.336 e. The molecule has 0 fully saturated rings. The molecule has 2 rings (SSSR count). The Morgan fingerprint density at radius 3 is 2.67 bits per heavy atom. The summed E-state index contributed by atoms with van der Waals surface area (Å²) in [6.45, 7) is 0. The molecule has 0 amide bonds. The first-order chi connectivity index (χ1) is 8.68. The van der Waals surface area contributed by atoms with Crippen molar-refractivity contribution in [3.05, 3.63) is 65.3 Å². The van der Waals surface area contributed by atoms with Crippen molar-refractivity contribution in [1.29, 1.82) is 0 Å². The highest BCUT2D eigenvalue weighted by Crippen LogP contribution is 2.14. The zero-order valence-electron chi connectivity index (χ0n) is 9.67. The van der Waals surface area contributed by atoms with Crippen molar-refractivity contribution >= 4 is 17.8 Å². The van der Waals surface area contributed by atoms with E-state index in [0.29, 0.717) is 12.0 Å². The molecule has 0 bridgehead atoms. The van der Waals surface area contributed by atoms with Crippen molar-refractivity contribution in [3.8, 4) is 0 Å². The molecule has 1 aromatic rings. The first-order valence-electron chi connectivity index (χ1n) is 5.59. The molecule has 1 aliphatic rings. The summed E-state index contributed by atoms with van der Waals surface area (Å²) in [6.07, 6.45) is 9.13. The normalized spacial score (nSPS) is 13.9. The van der Waals surface area contributed by atoms with Gasteiger partial charge in [-0.05, 0) is 24.1 Å². The summed E-state index contributed by atoms with van der Waals surface area (Å²) in [6, 6.07) is 6.59. The van der Waals surface area contributed by atoms with Crippen molar-refractivity contribution in [2.75, 3.05) is 0 Å². The summed E-state index contributed by atoms with van der Waals surface area (Å²) in [5.74, 6) is -1.08. The van der Waals surface area contributed by atoms with Gasteiger partial charge in [-0.3, -0.25) is 4.79 Å². The van der Waals surface area contributed by atoms with E-state index in [0.717, 1.165) is 5.57 Å². The van der Waals surface area contributed by atoms with Crippen LogP contribution in [-0.4, -0.2) is 16.9 Å². The lowest BCUT2D eigenvalue weighted by molar-refractivity contribution is -0.111. The molecule has 0 radical (unpaired) electrons. The number of ketones is 1. The van der Waals surface area contributed by atoms with Gasteiger partial charge < -0.3 is 5.11 Å². The van der Waals surface area contributed by atoms with Gasteiger partial charge in [-0.15, -0.1) is 0 Å². The highest BCUT2D eigenvalue weighted by atomic mass is 16.4. The fourth-order valence-electron chi connectivity index (χ4n) is 1.74. The van der Waals surface area contributed by atoms with Crippen molar-refractivity contribution in [1.82, 2.24) is 0 Å². The first kappa shape index (κ1) is 12.0. The highest BCUT2D eigenvalue weighted by Gasteiger charge is 2.09. The van der Waals surface area contributed by atoms with E-state index in [1.165, 1.54) is 12.1 Å². The zero-order valence-corrected chi connectivity index (χ0v) is 9.67. The van der Waals surface area contributed by atoms with Crippen LogP contribution in [0.15, 0.2) is 54.1 Å². The third-order valence-electron chi connectivity index (χ3n) is 2.69. The topological polar surface area (TPSA) is 54.4 Å². The van der Waals surface area contributed by atoms with E-state index >= 15 is 0 Å². The summed E-state index contributed by atoms with van der Waals surface area (Å²) < 4.78 is 0. The van der Waals surface area contributed by atoms with Crippen LogP contribution in [0, 0.1) is 0 Å². The summed E-state index contributed by atoms with van der Waals surface area (Å²) in [5.41, 5.74) is 1.45. The summed E-state index contributed by atoms with van der Waals surface area (Å²) in [4.78, 5) is 22.7. The summed E-state index contributed by atoms with van der Waals surface area (Å²) in [7, 11) is 0. The van der Waals surface area contributed by atoms with Crippen molar-refractivity contribution < 1.29 is 14.7 Å². The molecule has 0 saturated carbocycles. The van der Waals surface area contributed by atoms with Crippen LogP contribution in [0.5, 0.6) is 0 Å². The Morgan fingerprint density at radius 2 is 2.00 bits per heavy atom. The van der Waals surface area contributed by atoms with Crippen LogP contribution in [0.2, 0.25) is 0 Å². The largest absolute Gasteiger partial charge is 0.478 e. The molecule has 3 nitrogen and oxygen atoms in total. The van der Waals surface area contributed by atoms with Crippen LogP contribution in [0.25, 0.3) is 6.08 Å². The van der Waals surface area contributed by atoms with E-state index < -0.39 is 5.97 Å². The quantitative estimate of drug-likeness (QED) is 0.823. The molecule has 1 N–H and O–H groups in total. The zero-order chi connectivity index (χ0) is 13.0. The minimum atomic E-state index is -0.996. The number of hydrogen-bond donors (Lipinski definition) is 1. The maximum absolute atomic E-state index is 11.8. The van der Waals surface area contributed by atoms with Crippen LogP contribution in [0.4, 0.5) is 0 Å². The Balaban J connectivity index is 2.19. The highest BCUT2D eigenvalue weighted by molar-refractivity contribution is 6.07. The molecule has 0 unspecified atom stereocenters.